The molecule has 1 fully saturated rings. The van der Waals surface area contributed by atoms with Gasteiger partial charge in [0, 0.05) is 49.9 Å². The summed E-state index contributed by atoms with van der Waals surface area (Å²) in [6.07, 6.45) is 0.722. The lowest BCUT2D eigenvalue weighted by atomic mass is 10.0. The third-order valence-electron chi connectivity index (χ3n) is 5.16. The summed E-state index contributed by atoms with van der Waals surface area (Å²) in [5.74, 6) is 3.95. The van der Waals surface area contributed by atoms with E-state index in [2.05, 4.69) is 30.7 Å². The highest BCUT2D eigenvalue weighted by atomic mass is 32.2. The number of alkyl halides is 2. The number of nitrogens with zero attached hydrogens (tertiary/aromatic N) is 5. The maximum atomic E-state index is 15.0. The van der Waals surface area contributed by atoms with Crippen molar-refractivity contribution in [2.75, 3.05) is 30.5 Å². The maximum Gasteiger partial charge on any atom is 0.278 e. The molecular formula is C23H29F3N6S. The summed E-state index contributed by atoms with van der Waals surface area (Å²) in [6.45, 7) is 7.79. The zero-order valence-electron chi connectivity index (χ0n) is 18.8. The standard InChI is InChI=1S/C21H23F3N6S.C2H6/c1-31(29-9-7-25-8-10-29)30(17-3-2-6-26-13-17)14-16-5-4-15(11-18(16)22)19-12-20(21(23)24)28-27-19;1-2/h2-6,11,13,21,25H,1,7-10,12,14H2;1-2H3. The fraction of sp³-hybridized carbons (Fsp3) is 0.391. The Balaban J connectivity index is 0.00000149. The van der Waals surface area contributed by atoms with Crippen LogP contribution in [0.2, 0.25) is 0 Å². The number of hydrogen-bond donors (Lipinski definition) is 1. The molecule has 1 saturated heterocycles. The molecule has 10 heteroatoms. The highest BCUT2D eigenvalue weighted by Gasteiger charge is 2.23. The molecule has 1 aromatic heterocycles. The van der Waals surface area contributed by atoms with Crippen LogP contribution in [0.3, 0.4) is 0 Å². The number of aromatic nitrogens is 1. The second-order valence-electron chi connectivity index (χ2n) is 7.19. The van der Waals surface area contributed by atoms with E-state index in [4.69, 9.17) is 0 Å². The third kappa shape index (κ3) is 6.27. The maximum absolute atomic E-state index is 15.0. The predicted octanol–water partition coefficient (Wildman–Crippen LogP) is 4.50. The van der Waals surface area contributed by atoms with Crippen LogP contribution in [0.1, 0.15) is 31.4 Å². The van der Waals surface area contributed by atoms with Gasteiger partial charge in [-0.15, -0.1) is 0 Å². The van der Waals surface area contributed by atoms with Gasteiger partial charge in [-0.3, -0.25) is 4.98 Å². The van der Waals surface area contributed by atoms with Crippen LogP contribution in [0.4, 0.5) is 18.9 Å². The molecule has 178 valence electrons. The fourth-order valence-electron chi connectivity index (χ4n) is 3.44. The van der Waals surface area contributed by atoms with Crippen molar-refractivity contribution in [1.82, 2.24) is 14.6 Å². The Labute approximate surface area is 195 Å². The molecule has 3 heterocycles. The summed E-state index contributed by atoms with van der Waals surface area (Å²) < 4.78 is 44.9. The topological polar surface area (TPSA) is 56.1 Å². The van der Waals surface area contributed by atoms with E-state index in [-0.39, 0.29) is 12.1 Å². The summed E-state index contributed by atoms with van der Waals surface area (Å²) in [5.41, 5.74) is 1.86. The summed E-state index contributed by atoms with van der Waals surface area (Å²) in [6, 6.07) is 8.49. The van der Waals surface area contributed by atoms with Crippen molar-refractivity contribution >= 4 is 33.8 Å². The SMILES string of the molecule is C=S(N1CCNCC1)N(Cc1ccc(C2=NN=C(C(F)F)C2)cc1F)c1cccnc1.CC. The van der Waals surface area contributed by atoms with Crippen LogP contribution < -0.4 is 9.62 Å². The Morgan fingerprint density at radius 3 is 2.55 bits per heavy atom. The molecule has 0 amide bonds. The minimum atomic E-state index is -2.65. The number of benzene rings is 1. The first-order valence-corrected chi connectivity index (χ1v) is 12.2. The highest BCUT2D eigenvalue weighted by Crippen LogP contribution is 2.32. The van der Waals surface area contributed by atoms with Gasteiger partial charge >= 0.3 is 0 Å². The molecule has 4 rings (SSSR count). The lowest BCUT2D eigenvalue weighted by Gasteiger charge is -2.37. The average Bonchev–Trinajstić information content (AvgIpc) is 3.36. The van der Waals surface area contributed by atoms with Crippen molar-refractivity contribution in [3.05, 3.63) is 59.7 Å². The molecule has 2 aliphatic heterocycles. The summed E-state index contributed by atoms with van der Waals surface area (Å²) in [7, 11) is -0.527. The number of halogens is 3. The second kappa shape index (κ2) is 12.1. The number of pyridine rings is 1. The monoisotopic (exact) mass is 478 g/mol. The van der Waals surface area contributed by atoms with Crippen molar-refractivity contribution in [2.24, 2.45) is 10.2 Å². The first-order chi connectivity index (χ1) is 16.0. The number of hydrogen-bond acceptors (Lipinski definition) is 6. The fourth-order valence-corrected chi connectivity index (χ4v) is 4.96. The van der Waals surface area contributed by atoms with E-state index in [0.29, 0.717) is 23.4 Å². The lowest BCUT2D eigenvalue weighted by Crippen LogP contribution is -2.43. The van der Waals surface area contributed by atoms with Gasteiger partial charge in [-0.2, -0.15) is 10.2 Å². The molecule has 1 unspecified atom stereocenters. The van der Waals surface area contributed by atoms with E-state index >= 15 is 4.39 Å². The van der Waals surface area contributed by atoms with Crippen LogP contribution in [-0.2, 0) is 6.54 Å². The average molecular weight is 479 g/mol. The van der Waals surface area contributed by atoms with Gasteiger partial charge in [-0.25, -0.2) is 17.5 Å². The molecule has 0 saturated carbocycles. The molecule has 1 atom stereocenters. The van der Waals surface area contributed by atoms with E-state index in [1.807, 2.05) is 30.3 Å². The number of piperazine rings is 1. The number of anilines is 1. The van der Waals surface area contributed by atoms with Crippen LogP contribution in [0, 0.1) is 5.82 Å². The second-order valence-corrected chi connectivity index (χ2v) is 8.83. The van der Waals surface area contributed by atoms with Crippen LogP contribution in [0.15, 0.2) is 52.9 Å². The number of rotatable bonds is 7. The van der Waals surface area contributed by atoms with Gasteiger partial charge in [0.25, 0.3) is 6.43 Å². The zero-order chi connectivity index (χ0) is 23.8. The Bertz CT molecular complexity index is 1010. The van der Waals surface area contributed by atoms with Gasteiger partial charge in [-0.05, 0) is 34.9 Å². The van der Waals surface area contributed by atoms with E-state index in [1.165, 1.54) is 6.07 Å². The Morgan fingerprint density at radius 2 is 1.94 bits per heavy atom. The Morgan fingerprint density at radius 1 is 1.18 bits per heavy atom. The molecule has 1 aromatic carbocycles. The van der Waals surface area contributed by atoms with Crippen molar-refractivity contribution in [3.63, 3.8) is 0 Å². The van der Waals surface area contributed by atoms with Crippen LogP contribution in [-0.4, -0.2) is 59.2 Å². The summed E-state index contributed by atoms with van der Waals surface area (Å²) in [5, 5.41) is 10.6. The molecule has 0 aliphatic carbocycles. The normalized spacial score (nSPS) is 17.2. The van der Waals surface area contributed by atoms with Gasteiger partial charge in [0.2, 0.25) is 0 Å². The van der Waals surface area contributed by atoms with Crippen LogP contribution >= 0.6 is 10.9 Å². The lowest BCUT2D eigenvalue weighted by molar-refractivity contribution is 0.224. The summed E-state index contributed by atoms with van der Waals surface area (Å²) >= 11 is 0. The minimum absolute atomic E-state index is 0.0659. The molecule has 33 heavy (non-hydrogen) atoms. The van der Waals surface area contributed by atoms with Gasteiger partial charge in [-0.1, -0.05) is 26.0 Å². The first-order valence-electron chi connectivity index (χ1n) is 10.9. The van der Waals surface area contributed by atoms with E-state index in [9.17, 15) is 8.78 Å². The van der Waals surface area contributed by atoms with Crippen LogP contribution in [0.25, 0.3) is 0 Å². The van der Waals surface area contributed by atoms with E-state index in [0.717, 1.165) is 31.9 Å². The molecular weight excluding hydrogens is 449 g/mol. The molecule has 0 spiro atoms. The number of nitrogens with one attached hydrogen (secondary N) is 1. The molecule has 0 bridgehead atoms. The quantitative estimate of drug-likeness (QED) is 0.596. The first kappa shape index (κ1) is 25.1. The molecule has 2 aliphatic rings. The Hall–Kier alpha value is -2.56. The Kier molecular flexibility index (Phi) is 9.16. The van der Waals surface area contributed by atoms with Crippen molar-refractivity contribution in [2.45, 2.75) is 33.2 Å². The highest BCUT2D eigenvalue weighted by molar-refractivity contribution is 8.13. The van der Waals surface area contributed by atoms with Crippen molar-refractivity contribution in [1.29, 1.82) is 0 Å². The summed E-state index contributed by atoms with van der Waals surface area (Å²) in [4.78, 5) is 4.21. The van der Waals surface area contributed by atoms with Gasteiger partial charge in [0.05, 0.1) is 24.1 Å². The molecule has 6 nitrogen and oxygen atoms in total. The van der Waals surface area contributed by atoms with Crippen LogP contribution in [0.5, 0.6) is 0 Å². The molecule has 2 aromatic rings. The smallest absolute Gasteiger partial charge is 0.278 e. The molecule has 0 radical (unpaired) electrons. The third-order valence-corrected chi connectivity index (χ3v) is 6.97. The molecule has 1 N–H and O–H groups in total. The minimum Gasteiger partial charge on any atom is -0.314 e. The zero-order valence-corrected chi connectivity index (χ0v) is 19.7. The van der Waals surface area contributed by atoms with Crippen molar-refractivity contribution < 1.29 is 13.2 Å². The largest absolute Gasteiger partial charge is 0.314 e. The van der Waals surface area contributed by atoms with Gasteiger partial charge < -0.3 is 9.62 Å². The van der Waals surface area contributed by atoms with E-state index in [1.54, 1.807) is 24.5 Å². The van der Waals surface area contributed by atoms with E-state index < -0.39 is 23.1 Å². The van der Waals surface area contributed by atoms with Crippen molar-refractivity contribution in [3.8, 4) is 0 Å². The predicted molar refractivity (Wildman–Crippen MR) is 132 cm³/mol. The van der Waals surface area contributed by atoms with Gasteiger partial charge in [0.15, 0.2) is 0 Å². The van der Waals surface area contributed by atoms with Gasteiger partial charge in [0.1, 0.15) is 11.5 Å².